The number of ketones is 1. The van der Waals surface area contributed by atoms with E-state index in [2.05, 4.69) is 28.8 Å². The molecule has 1 aliphatic carbocycles. The Morgan fingerprint density at radius 2 is 1.75 bits per heavy atom. The summed E-state index contributed by atoms with van der Waals surface area (Å²) in [4.78, 5) is 13.1. The number of aromatic nitrogens is 1. The number of ether oxygens (including phenoxy) is 1. The van der Waals surface area contributed by atoms with Crippen molar-refractivity contribution < 1.29 is 19.7 Å². The number of allylic oxidation sites excluding steroid dienone is 1. The highest BCUT2D eigenvalue weighted by Crippen LogP contribution is 2.43. The van der Waals surface area contributed by atoms with E-state index in [0.29, 0.717) is 5.92 Å². The maximum Gasteiger partial charge on any atom is 0.235 e. The highest BCUT2D eigenvalue weighted by molar-refractivity contribution is 6.17. The molecule has 3 aromatic carbocycles. The average molecular weight is 423 g/mol. The van der Waals surface area contributed by atoms with E-state index in [-0.39, 0.29) is 28.6 Å². The lowest BCUT2D eigenvalue weighted by Gasteiger charge is -2.11. The van der Waals surface area contributed by atoms with Gasteiger partial charge in [0.05, 0.1) is 5.69 Å². The van der Waals surface area contributed by atoms with E-state index in [4.69, 9.17) is 4.74 Å². The molecule has 1 aromatic heterocycles. The molecule has 0 radical (unpaired) electrons. The van der Waals surface area contributed by atoms with Gasteiger partial charge in [-0.3, -0.25) is 4.79 Å². The van der Waals surface area contributed by atoms with E-state index in [1.165, 1.54) is 18.9 Å². The summed E-state index contributed by atoms with van der Waals surface area (Å²) in [5.74, 6) is 0.140. The van der Waals surface area contributed by atoms with E-state index in [0.717, 1.165) is 40.3 Å². The topological polar surface area (TPSA) is 71.7 Å². The van der Waals surface area contributed by atoms with Crippen molar-refractivity contribution in [2.75, 3.05) is 0 Å². The van der Waals surface area contributed by atoms with Crippen molar-refractivity contribution in [3.63, 3.8) is 0 Å². The Bertz CT molecular complexity index is 1410. The van der Waals surface area contributed by atoms with Gasteiger partial charge in [0, 0.05) is 35.1 Å². The Morgan fingerprint density at radius 1 is 1.00 bits per heavy atom. The van der Waals surface area contributed by atoms with Crippen molar-refractivity contribution in [2.24, 2.45) is 5.92 Å². The van der Waals surface area contributed by atoms with Crippen LogP contribution in [-0.2, 0) is 6.54 Å². The second kappa shape index (κ2) is 7.02. The van der Waals surface area contributed by atoms with Gasteiger partial charge in [-0.15, -0.1) is 0 Å². The number of hydrogen-bond acceptors (Lipinski definition) is 4. The van der Waals surface area contributed by atoms with Gasteiger partial charge in [0.25, 0.3) is 0 Å². The van der Waals surface area contributed by atoms with Crippen LogP contribution in [0.3, 0.4) is 0 Å². The maximum atomic E-state index is 13.1. The Labute approximate surface area is 184 Å². The lowest BCUT2D eigenvalue weighted by Crippen LogP contribution is -2.03. The molecule has 2 aliphatic rings. The monoisotopic (exact) mass is 423 g/mol. The number of carbonyl (C=O) groups is 1. The highest BCUT2D eigenvalue weighted by Gasteiger charge is 2.33. The predicted octanol–water partition coefficient (Wildman–Crippen LogP) is 5.75. The van der Waals surface area contributed by atoms with Crippen LogP contribution in [0, 0.1) is 5.92 Å². The maximum absolute atomic E-state index is 13.1. The standard InChI is InChI=1S/C27H21NO4/c29-18-12-22(30)25-23(13-18)32-24(27(25)31)14-20-19-8-4-5-9-21(19)28(15-16-10-11-16)26(20)17-6-2-1-3-7-17/h1-9,12-14,16,29-30H,10-11,15H2. The molecule has 0 amide bonds. The van der Waals surface area contributed by atoms with Crippen molar-refractivity contribution in [3.8, 4) is 28.5 Å². The lowest BCUT2D eigenvalue weighted by molar-refractivity contribution is 0.101. The van der Waals surface area contributed by atoms with Crippen molar-refractivity contribution in [1.29, 1.82) is 0 Å². The summed E-state index contributed by atoms with van der Waals surface area (Å²) >= 11 is 0. The Hall–Kier alpha value is -3.99. The molecule has 0 unspecified atom stereocenters. The summed E-state index contributed by atoms with van der Waals surface area (Å²) in [5, 5.41) is 21.0. The van der Waals surface area contributed by atoms with Gasteiger partial charge in [0.1, 0.15) is 22.8 Å². The molecule has 2 N–H and O–H groups in total. The van der Waals surface area contributed by atoms with Gasteiger partial charge in [0.2, 0.25) is 5.78 Å². The van der Waals surface area contributed by atoms with Gasteiger partial charge in [-0.05, 0) is 36.5 Å². The highest BCUT2D eigenvalue weighted by atomic mass is 16.5. The minimum absolute atomic E-state index is 0.0806. The SMILES string of the molecule is O=C1C(=Cc2c(-c3ccccc3)n(CC3CC3)c3ccccc23)Oc2cc(O)cc(O)c21. The molecule has 1 saturated carbocycles. The minimum Gasteiger partial charge on any atom is -0.508 e. The van der Waals surface area contributed by atoms with Crippen molar-refractivity contribution in [3.05, 3.63) is 83.6 Å². The first kappa shape index (κ1) is 18.8. The molecule has 1 fully saturated rings. The molecular formula is C27H21NO4. The largest absolute Gasteiger partial charge is 0.508 e. The summed E-state index contributed by atoms with van der Waals surface area (Å²) in [6.45, 7) is 0.928. The van der Waals surface area contributed by atoms with Crippen molar-refractivity contribution in [1.82, 2.24) is 4.57 Å². The molecule has 0 spiro atoms. The third-order valence-electron chi connectivity index (χ3n) is 6.21. The van der Waals surface area contributed by atoms with Gasteiger partial charge in [-0.2, -0.15) is 0 Å². The fraction of sp³-hybridized carbons (Fsp3) is 0.148. The van der Waals surface area contributed by atoms with Crippen molar-refractivity contribution in [2.45, 2.75) is 19.4 Å². The number of phenols is 2. The Balaban J connectivity index is 1.58. The first-order valence-electron chi connectivity index (χ1n) is 10.8. The Morgan fingerprint density at radius 3 is 2.53 bits per heavy atom. The third-order valence-corrected chi connectivity index (χ3v) is 6.21. The zero-order chi connectivity index (χ0) is 21.8. The number of benzene rings is 3. The molecule has 32 heavy (non-hydrogen) atoms. The van der Waals surface area contributed by atoms with Crippen LogP contribution in [-0.4, -0.2) is 20.6 Å². The third kappa shape index (κ3) is 2.97. The second-order valence-corrected chi connectivity index (χ2v) is 8.48. The Kier molecular flexibility index (Phi) is 4.12. The number of fused-ring (bicyclic) bond motifs is 2. The van der Waals surface area contributed by atoms with Gasteiger partial charge in [0.15, 0.2) is 5.76 Å². The van der Waals surface area contributed by atoms with Crippen LogP contribution in [0.25, 0.3) is 28.2 Å². The summed E-state index contributed by atoms with van der Waals surface area (Å²) in [5.41, 5.74) is 4.23. The number of aromatic hydroxyl groups is 2. The van der Waals surface area contributed by atoms with Crippen LogP contribution in [0.15, 0.2) is 72.5 Å². The van der Waals surface area contributed by atoms with Crippen LogP contribution in [0.4, 0.5) is 0 Å². The number of para-hydroxylation sites is 1. The quantitative estimate of drug-likeness (QED) is 0.410. The second-order valence-electron chi connectivity index (χ2n) is 8.48. The van der Waals surface area contributed by atoms with E-state index in [1.54, 1.807) is 6.08 Å². The number of hydrogen-bond donors (Lipinski definition) is 2. The zero-order valence-corrected chi connectivity index (χ0v) is 17.3. The first-order chi connectivity index (χ1) is 15.6. The number of Topliss-reactive ketones (excluding diaryl/α,β-unsaturated/α-hetero) is 1. The molecule has 0 saturated heterocycles. The summed E-state index contributed by atoms with van der Waals surface area (Å²) in [6, 6.07) is 20.9. The molecule has 4 aromatic rings. The zero-order valence-electron chi connectivity index (χ0n) is 17.3. The van der Waals surface area contributed by atoms with Crippen LogP contribution in [0.2, 0.25) is 0 Å². The van der Waals surface area contributed by atoms with E-state index < -0.39 is 5.78 Å². The average Bonchev–Trinajstić information content (AvgIpc) is 3.49. The molecule has 0 bridgehead atoms. The first-order valence-corrected chi connectivity index (χ1v) is 10.8. The molecule has 2 heterocycles. The lowest BCUT2D eigenvalue weighted by atomic mass is 10.0. The van der Waals surface area contributed by atoms with Crippen LogP contribution in [0.5, 0.6) is 17.2 Å². The summed E-state index contributed by atoms with van der Waals surface area (Å²) < 4.78 is 8.16. The number of nitrogens with zero attached hydrogens (tertiary/aromatic N) is 1. The molecule has 6 rings (SSSR count). The predicted molar refractivity (Wildman–Crippen MR) is 123 cm³/mol. The fourth-order valence-electron chi connectivity index (χ4n) is 4.54. The molecule has 1 aliphatic heterocycles. The van der Waals surface area contributed by atoms with Gasteiger partial charge in [-0.1, -0.05) is 48.5 Å². The van der Waals surface area contributed by atoms with E-state index in [9.17, 15) is 15.0 Å². The van der Waals surface area contributed by atoms with Crippen molar-refractivity contribution >= 4 is 22.8 Å². The number of rotatable bonds is 4. The van der Waals surface area contributed by atoms with Gasteiger partial charge >= 0.3 is 0 Å². The molecule has 5 heteroatoms. The molecule has 158 valence electrons. The number of carbonyl (C=O) groups excluding carboxylic acids is 1. The number of phenolic OH excluding ortho intramolecular Hbond substituents is 2. The summed E-state index contributed by atoms with van der Waals surface area (Å²) in [7, 11) is 0. The van der Waals surface area contributed by atoms with E-state index in [1.807, 2.05) is 30.3 Å². The molecule has 0 atom stereocenters. The normalized spacial score (nSPS) is 16.5. The van der Waals surface area contributed by atoms with Gasteiger partial charge in [-0.25, -0.2) is 0 Å². The van der Waals surface area contributed by atoms with Crippen LogP contribution in [0.1, 0.15) is 28.8 Å². The minimum atomic E-state index is -0.393. The van der Waals surface area contributed by atoms with Gasteiger partial charge < -0.3 is 19.5 Å². The van der Waals surface area contributed by atoms with Crippen LogP contribution < -0.4 is 4.74 Å². The molecular weight excluding hydrogens is 402 g/mol. The molecule has 5 nitrogen and oxygen atoms in total. The van der Waals surface area contributed by atoms with Crippen LogP contribution >= 0.6 is 0 Å². The fourth-order valence-corrected chi connectivity index (χ4v) is 4.54. The summed E-state index contributed by atoms with van der Waals surface area (Å²) in [6.07, 6.45) is 4.24. The smallest absolute Gasteiger partial charge is 0.235 e. The van der Waals surface area contributed by atoms with E-state index >= 15 is 0 Å².